The molecule has 3 atom stereocenters. The summed E-state index contributed by atoms with van der Waals surface area (Å²) in [7, 11) is 0. The summed E-state index contributed by atoms with van der Waals surface area (Å²) in [6.07, 6.45) is 3.00. The smallest absolute Gasteiger partial charge is 0.397 e. The SMILES string of the molecule is CC1CCC(C(C)C)C(OC(=O)C(=O)NC(C)C)C1. The van der Waals surface area contributed by atoms with Crippen molar-refractivity contribution in [2.24, 2.45) is 17.8 Å². The Hall–Kier alpha value is -1.06. The number of carbonyl (C=O) groups is 2. The van der Waals surface area contributed by atoms with Crippen LogP contribution < -0.4 is 5.32 Å². The van der Waals surface area contributed by atoms with Crippen molar-refractivity contribution in [3.05, 3.63) is 0 Å². The molecule has 0 spiro atoms. The molecule has 1 saturated carbocycles. The van der Waals surface area contributed by atoms with Gasteiger partial charge in [-0.15, -0.1) is 0 Å². The van der Waals surface area contributed by atoms with Gasteiger partial charge in [-0.25, -0.2) is 4.79 Å². The van der Waals surface area contributed by atoms with Gasteiger partial charge in [-0.1, -0.05) is 27.2 Å². The average Bonchev–Trinajstić information content (AvgIpc) is 2.27. The number of hydrogen-bond donors (Lipinski definition) is 1. The first kappa shape index (κ1) is 16.0. The van der Waals surface area contributed by atoms with Crippen LogP contribution in [0.1, 0.15) is 53.9 Å². The molecular weight excluding hydrogens is 242 g/mol. The standard InChI is InChI=1S/C15H27NO3/c1-9(2)12-7-6-11(5)8-13(12)19-15(18)14(17)16-10(3)4/h9-13H,6-8H2,1-5H3,(H,16,17). The largest absolute Gasteiger partial charge is 0.455 e. The highest BCUT2D eigenvalue weighted by atomic mass is 16.5. The molecule has 4 nitrogen and oxygen atoms in total. The van der Waals surface area contributed by atoms with Gasteiger partial charge in [0, 0.05) is 6.04 Å². The lowest BCUT2D eigenvalue weighted by Crippen LogP contribution is -2.42. The molecule has 0 aromatic carbocycles. The molecule has 1 fully saturated rings. The van der Waals surface area contributed by atoms with Crippen molar-refractivity contribution in [2.45, 2.75) is 66.0 Å². The minimum Gasteiger partial charge on any atom is -0.455 e. The van der Waals surface area contributed by atoms with Crippen LogP contribution in [0.5, 0.6) is 0 Å². The third-order valence-electron chi connectivity index (χ3n) is 3.82. The van der Waals surface area contributed by atoms with Gasteiger partial charge in [0.1, 0.15) is 6.10 Å². The molecule has 0 radical (unpaired) electrons. The summed E-state index contributed by atoms with van der Waals surface area (Å²) in [4.78, 5) is 23.4. The predicted octanol–water partition coefficient (Wildman–Crippen LogP) is 2.52. The molecule has 0 aliphatic heterocycles. The maximum atomic E-state index is 11.8. The van der Waals surface area contributed by atoms with E-state index >= 15 is 0 Å². The molecule has 4 heteroatoms. The monoisotopic (exact) mass is 269 g/mol. The number of ether oxygens (including phenoxy) is 1. The van der Waals surface area contributed by atoms with E-state index in [0.29, 0.717) is 17.8 Å². The second-order valence-electron chi connectivity index (χ2n) is 6.40. The highest BCUT2D eigenvalue weighted by Crippen LogP contribution is 2.35. The van der Waals surface area contributed by atoms with E-state index in [1.54, 1.807) is 0 Å². The first-order valence-corrected chi connectivity index (χ1v) is 7.32. The normalized spacial score (nSPS) is 27.4. The molecule has 1 rings (SSSR count). The molecule has 1 amide bonds. The molecule has 0 aromatic rings. The highest BCUT2D eigenvalue weighted by Gasteiger charge is 2.34. The van der Waals surface area contributed by atoms with Gasteiger partial charge in [0.05, 0.1) is 0 Å². The second kappa shape index (κ2) is 6.92. The lowest BCUT2D eigenvalue weighted by Gasteiger charge is -2.36. The van der Waals surface area contributed by atoms with Crippen molar-refractivity contribution in [3.8, 4) is 0 Å². The Labute approximate surface area is 116 Å². The van der Waals surface area contributed by atoms with Crippen LogP contribution in [0.3, 0.4) is 0 Å². The van der Waals surface area contributed by atoms with Gasteiger partial charge >= 0.3 is 11.9 Å². The fourth-order valence-corrected chi connectivity index (χ4v) is 2.76. The maximum absolute atomic E-state index is 11.8. The summed E-state index contributed by atoms with van der Waals surface area (Å²) in [6, 6.07) is -0.0498. The fraction of sp³-hybridized carbons (Fsp3) is 0.867. The Morgan fingerprint density at radius 2 is 1.79 bits per heavy atom. The van der Waals surface area contributed by atoms with E-state index in [1.165, 1.54) is 6.42 Å². The Balaban J connectivity index is 2.60. The fourth-order valence-electron chi connectivity index (χ4n) is 2.76. The average molecular weight is 269 g/mol. The number of rotatable bonds is 3. The highest BCUT2D eigenvalue weighted by molar-refractivity contribution is 6.32. The van der Waals surface area contributed by atoms with Crippen LogP contribution in [0.15, 0.2) is 0 Å². The van der Waals surface area contributed by atoms with Gasteiger partial charge in [0.25, 0.3) is 0 Å². The number of carbonyl (C=O) groups excluding carboxylic acids is 2. The molecule has 0 aromatic heterocycles. The van der Waals surface area contributed by atoms with Crippen molar-refractivity contribution in [1.82, 2.24) is 5.32 Å². The minimum absolute atomic E-state index is 0.0498. The quantitative estimate of drug-likeness (QED) is 0.632. The third kappa shape index (κ3) is 4.84. The molecule has 1 N–H and O–H groups in total. The molecule has 0 bridgehead atoms. The summed E-state index contributed by atoms with van der Waals surface area (Å²) >= 11 is 0. The van der Waals surface area contributed by atoms with E-state index in [2.05, 4.69) is 26.1 Å². The molecule has 19 heavy (non-hydrogen) atoms. The Bertz CT molecular complexity index is 325. The predicted molar refractivity (Wildman–Crippen MR) is 74.5 cm³/mol. The van der Waals surface area contributed by atoms with Crippen molar-refractivity contribution in [1.29, 1.82) is 0 Å². The molecule has 110 valence electrons. The van der Waals surface area contributed by atoms with Gasteiger partial charge < -0.3 is 10.1 Å². The van der Waals surface area contributed by atoms with Gasteiger partial charge in [0.2, 0.25) is 0 Å². The molecule has 1 aliphatic rings. The van der Waals surface area contributed by atoms with E-state index in [4.69, 9.17) is 4.74 Å². The number of esters is 1. The van der Waals surface area contributed by atoms with Crippen LogP contribution in [0.2, 0.25) is 0 Å². The zero-order valence-corrected chi connectivity index (χ0v) is 12.7. The van der Waals surface area contributed by atoms with Crippen molar-refractivity contribution < 1.29 is 14.3 Å². The van der Waals surface area contributed by atoms with Crippen LogP contribution in [0.25, 0.3) is 0 Å². The van der Waals surface area contributed by atoms with Gasteiger partial charge in [-0.3, -0.25) is 4.79 Å². The van der Waals surface area contributed by atoms with E-state index < -0.39 is 11.9 Å². The second-order valence-corrected chi connectivity index (χ2v) is 6.40. The summed E-state index contributed by atoms with van der Waals surface area (Å²) in [5.74, 6) is 0.0283. The number of hydrogen-bond acceptors (Lipinski definition) is 3. The van der Waals surface area contributed by atoms with Crippen molar-refractivity contribution >= 4 is 11.9 Å². The lowest BCUT2D eigenvalue weighted by molar-refractivity contribution is -0.164. The summed E-state index contributed by atoms with van der Waals surface area (Å²) in [5, 5.41) is 2.57. The number of amides is 1. The number of nitrogens with one attached hydrogen (secondary N) is 1. The van der Waals surface area contributed by atoms with Crippen molar-refractivity contribution in [3.63, 3.8) is 0 Å². The first-order valence-electron chi connectivity index (χ1n) is 7.32. The maximum Gasteiger partial charge on any atom is 0.397 e. The zero-order valence-electron chi connectivity index (χ0n) is 12.7. The van der Waals surface area contributed by atoms with E-state index in [9.17, 15) is 9.59 Å². The first-order chi connectivity index (χ1) is 8.81. The Morgan fingerprint density at radius 1 is 1.16 bits per heavy atom. The molecule has 3 unspecified atom stereocenters. The molecular formula is C15H27NO3. The van der Waals surface area contributed by atoms with Gasteiger partial charge in [0.15, 0.2) is 0 Å². The van der Waals surface area contributed by atoms with E-state index in [0.717, 1.165) is 12.8 Å². The van der Waals surface area contributed by atoms with Gasteiger partial charge in [-0.2, -0.15) is 0 Å². The zero-order chi connectivity index (χ0) is 14.6. The summed E-state index contributed by atoms with van der Waals surface area (Å²) in [6.45, 7) is 10.1. The summed E-state index contributed by atoms with van der Waals surface area (Å²) < 4.78 is 5.45. The van der Waals surface area contributed by atoms with E-state index in [1.807, 2.05) is 13.8 Å². The molecule has 1 aliphatic carbocycles. The van der Waals surface area contributed by atoms with Crippen LogP contribution in [-0.4, -0.2) is 24.0 Å². The van der Waals surface area contributed by atoms with Crippen LogP contribution in [0, 0.1) is 17.8 Å². The van der Waals surface area contributed by atoms with E-state index in [-0.39, 0.29) is 12.1 Å². The van der Waals surface area contributed by atoms with Crippen molar-refractivity contribution in [2.75, 3.05) is 0 Å². The molecule has 0 heterocycles. The lowest BCUT2D eigenvalue weighted by atomic mass is 9.75. The summed E-state index contributed by atoms with van der Waals surface area (Å²) in [5.41, 5.74) is 0. The minimum atomic E-state index is -0.738. The molecule has 0 saturated heterocycles. The van der Waals surface area contributed by atoms with Crippen LogP contribution in [0.4, 0.5) is 0 Å². The Morgan fingerprint density at radius 3 is 2.32 bits per heavy atom. The van der Waals surface area contributed by atoms with Crippen LogP contribution >= 0.6 is 0 Å². The Kier molecular flexibility index (Phi) is 5.83. The van der Waals surface area contributed by atoms with Gasteiger partial charge in [-0.05, 0) is 44.4 Å². The third-order valence-corrected chi connectivity index (χ3v) is 3.82. The topological polar surface area (TPSA) is 55.4 Å². The van der Waals surface area contributed by atoms with Crippen LogP contribution in [-0.2, 0) is 14.3 Å².